The van der Waals surface area contributed by atoms with Crippen LogP contribution in [0.5, 0.6) is 0 Å². The highest BCUT2D eigenvalue weighted by atomic mass is 35.5. The lowest BCUT2D eigenvalue weighted by Gasteiger charge is -2.22. The smallest absolute Gasteiger partial charge is 0.255 e. The maximum Gasteiger partial charge on any atom is 0.255 e. The Kier molecular flexibility index (Phi) is 6.88. The van der Waals surface area contributed by atoms with Gasteiger partial charge in [-0.1, -0.05) is 24.1 Å². The van der Waals surface area contributed by atoms with Gasteiger partial charge in [0.1, 0.15) is 11.4 Å². The number of nitrogens with one attached hydrogen (secondary N) is 1. The molecule has 0 saturated carbocycles. The van der Waals surface area contributed by atoms with Gasteiger partial charge in [-0.2, -0.15) is 5.10 Å². The molecule has 1 aliphatic heterocycles. The summed E-state index contributed by atoms with van der Waals surface area (Å²) in [5.74, 6) is 5.54. The third-order valence-electron chi connectivity index (χ3n) is 5.68. The van der Waals surface area contributed by atoms with Crippen molar-refractivity contribution in [2.45, 2.75) is 18.5 Å². The number of nitrogens with zero attached hydrogens (tertiary/aromatic N) is 4. The minimum atomic E-state index is -0.661. The Morgan fingerprint density at radius 1 is 1.44 bits per heavy atom. The van der Waals surface area contributed by atoms with Gasteiger partial charge in [0.25, 0.3) is 5.91 Å². The van der Waals surface area contributed by atoms with Gasteiger partial charge >= 0.3 is 0 Å². The largest absolute Gasteiger partial charge is 0.383 e. The Labute approximate surface area is 205 Å². The molecule has 0 unspecified atom stereocenters. The first-order chi connectivity index (χ1) is 16.4. The Morgan fingerprint density at radius 3 is 2.91 bits per heavy atom. The standard InChI is InChI=1S/C23H23ClN6O3S/c1-4-20(31)29-10-14(8-15(29)11-33-3)30-23(26-2)21(22(25)32)17(28-30)6-5-13-7-18-19(9-16(13)24)34-12-27-18/h4,7,9,12,14-15,26H,1,8,10-11H2,2-3H3,(H2,25,32)/t14-,15+/m0/s1. The number of aromatic nitrogens is 3. The number of thiazole rings is 1. The number of carbonyl (C=O) groups is 2. The molecular weight excluding hydrogens is 476 g/mol. The number of methoxy groups -OCH3 is 1. The van der Waals surface area contributed by atoms with E-state index in [1.165, 1.54) is 17.4 Å². The average Bonchev–Trinajstić information content (AvgIpc) is 3.53. The van der Waals surface area contributed by atoms with Crippen molar-refractivity contribution in [2.24, 2.45) is 5.73 Å². The predicted octanol–water partition coefficient (Wildman–Crippen LogP) is 2.66. The summed E-state index contributed by atoms with van der Waals surface area (Å²) in [6.45, 7) is 4.34. The van der Waals surface area contributed by atoms with Crippen LogP contribution in [0.25, 0.3) is 10.2 Å². The number of rotatable bonds is 6. The van der Waals surface area contributed by atoms with Gasteiger partial charge in [-0.3, -0.25) is 9.59 Å². The molecule has 4 rings (SSSR count). The van der Waals surface area contributed by atoms with Crippen molar-refractivity contribution >= 4 is 50.8 Å². The highest BCUT2D eigenvalue weighted by Crippen LogP contribution is 2.32. The van der Waals surface area contributed by atoms with Crippen molar-refractivity contribution in [3.63, 3.8) is 0 Å². The number of primary amides is 1. The van der Waals surface area contributed by atoms with Crippen molar-refractivity contribution in [1.29, 1.82) is 0 Å². The van der Waals surface area contributed by atoms with E-state index in [4.69, 9.17) is 22.1 Å². The number of hydrogen-bond donors (Lipinski definition) is 2. The quantitative estimate of drug-likeness (QED) is 0.399. The molecule has 34 heavy (non-hydrogen) atoms. The minimum Gasteiger partial charge on any atom is -0.383 e. The summed E-state index contributed by atoms with van der Waals surface area (Å²) in [4.78, 5) is 30.7. The Morgan fingerprint density at radius 2 is 2.24 bits per heavy atom. The molecule has 1 aliphatic rings. The van der Waals surface area contributed by atoms with Crippen LogP contribution in [0.15, 0.2) is 30.3 Å². The van der Waals surface area contributed by atoms with E-state index in [1.54, 1.807) is 35.3 Å². The second-order valence-corrected chi connectivity index (χ2v) is 9.02. The zero-order valence-electron chi connectivity index (χ0n) is 18.7. The summed E-state index contributed by atoms with van der Waals surface area (Å²) in [6.07, 6.45) is 1.86. The number of ether oxygens (including phenoxy) is 1. The van der Waals surface area contributed by atoms with Gasteiger partial charge in [0.05, 0.1) is 39.4 Å². The maximum absolute atomic E-state index is 12.4. The summed E-state index contributed by atoms with van der Waals surface area (Å²) in [7, 11) is 3.27. The third-order valence-corrected chi connectivity index (χ3v) is 6.79. The second kappa shape index (κ2) is 9.85. The number of fused-ring (bicyclic) bond motifs is 1. The normalized spacial score (nSPS) is 17.4. The summed E-state index contributed by atoms with van der Waals surface area (Å²) in [6, 6.07) is 3.25. The van der Waals surface area contributed by atoms with Crippen LogP contribution in [-0.4, -0.2) is 64.8 Å². The van der Waals surface area contributed by atoms with Gasteiger partial charge in [0.15, 0.2) is 5.69 Å². The Balaban J connectivity index is 1.75. The van der Waals surface area contributed by atoms with Crippen LogP contribution >= 0.6 is 22.9 Å². The molecule has 176 valence electrons. The van der Waals surface area contributed by atoms with E-state index in [1.807, 2.05) is 6.07 Å². The van der Waals surface area contributed by atoms with Gasteiger partial charge in [-0.15, -0.1) is 11.3 Å². The van der Waals surface area contributed by atoms with Crippen LogP contribution in [0.3, 0.4) is 0 Å². The molecule has 2 aromatic heterocycles. The number of hydrogen-bond acceptors (Lipinski definition) is 7. The van der Waals surface area contributed by atoms with E-state index < -0.39 is 5.91 Å². The molecule has 1 aromatic carbocycles. The molecule has 0 radical (unpaired) electrons. The molecule has 3 aromatic rings. The van der Waals surface area contributed by atoms with Crippen LogP contribution in [0.2, 0.25) is 5.02 Å². The number of anilines is 1. The van der Waals surface area contributed by atoms with E-state index in [2.05, 4.69) is 33.8 Å². The van der Waals surface area contributed by atoms with Crippen LogP contribution in [-0.2, 0) is 9.53 Å². The number of likely N-dealkylation sites (tertiary alicyclic amines) is 1. The molecule has 0 aliphatic carbocycles. The van der Waals surface area contributed by atoms with Crippen molar-refractivity contribution < 1.29 is 14.3 Å². The zero-order chi connectivity index (χ0) is 24.4. The minimum absolute atomic E-state index is 0.149. The fourth-order valence-electron chi connectivity index (χ4n) is 4.17. The van der Waals surface area contributed by atoms with E-state index in [-0.39, 0.29) is 29.2 Å². The summed E-state index contributed by atoms with van der Waals surface area (Å²) >= 11 is 7.88. The molecule has 11 heteroatoms. The highest BCUT2D eigenvalue weighted by Gasteiger charge is 2.37. The van der Waals surface area contributed by atoms with Crippen LogP contribution in [0, 0.1) is 11.8 Å². The Bertz CT molecular complexity index is 1340. The second-order valence-electron chi connectivity index (χ2n) is 7.73. The zero-order valence-corrected chi connectivity index (χ0v) is 20.2. The maximum atomic E-state index is 12.4. The topological polar surface area (TPSA) is 115 Å². The average molecular weight is 499 g/mol. The van der Waals surface area contributed by atoms with Crippen molar-refractivity contribution in [1.82, 2.24) is 19.7 Å². The van der Waals surface area contributed by atoms with Crippen molar-refractivity contribution in [2.75, 3.05) is 32.6 Å². The molecule has 2 atom stereocenters. The number of nitrogens with two attached hydrogens (primary N) is 1. The van der Waals surface area contributed by atoms with E-state index in [9.17, 15) is 9.59 Å². The summed E-state index contributed by atoms with van der Waals surface area (Å²) in [5.41, 5.74) is 9.20. The molecule has 3 N–H and O–H groups in total. The molecule has 9 nitrogen and oxygen atoms in total. The van der Waals surface area contributed by atoms with E-state index >= 15 is 0 Å². The Hall–Kier alpha value is -3.39. The SMILES string of the molecule is C=CC(=O)N1C[C@@H](n2nc(C#Cc3cc4ncsc4cc3Cl)c(C(N)=O)c2NC)C[C@@H]1COC. The summed E-state index contributed by atoms with van der Waals surface area (Å²) < 4.78 is 7.93. The van der Waals surface area contributed by atoms with Gasteiger partial charge in [0, 0.05) is 26.3 Å². The van der Waals surface area contributed by atoms with Gasteiger partial charge in [-0.05, 0) is 30.6 Å². The van der Waals surface area contributed by atoms with Crippen molar-refractivity contribution in [3.05, 3.63) is 52.1 Å². The van der Waals surface area contributed by atoms with Gasteiger partial charge in [0.2, 0.25) is 5.91 Å². The monoisotopic (exact) mass is 498 g/mol. The molecule has 1 saturated heterocycles. The number of benzene rings is 1. The number of amides is 2. The lowest BCUT2D eigenvalue weighted by atomic mass is 10.1. The van der Waals surface area contributed by atoms with Crippen LogP contribution in [0.4, 0.5) is 5.82 Å². The van der Waals surface area contributed by atoms with E-state index in [0.29, 0.717) is 36.0 Å². The first-order valence-electron chi connectivity index (χ1n) is 10.4. The fraction of sp³-hybridized carbons (Fsp3) is 0.304. The molecule has 1 fully saturated rings. The fourth-order valence-corrected chi connectivity index (χ4v) is 5.14. The lowest BCUT2D eigenvalue weighted by molar-refractivity contribution is -0.127. The molecule has 3 heterocycles. The predicted molar refractivity (Wildman–Crippen MR) is 132 cm³/mol. The molecule has 2 amide bonds. The van der Waals surface area contributed by atoms with Gasteiger partial charge < -0.3 is 20.7 Å². The lowest BCUT2D eigenvalue weighted by Crippen LogP contribution is -2.37. The molecular formula is C23H23ClN6O3S. The first kappa shape index (κ1) is 23.8. The van der Waals surface area contributed by atoms with Crippen LogP contribution < -0.4 is 11.1 Å². The third kappa shape index (κ3) is 4.37. The van der Waals surface area contributed by atoms with E-state index in [0.717, 1.165) is 10.2 Å². The van der Waals surface area contributed by atoms with Crippen molar-refractivity contribution in [3.8, 4) is 11.8 Å². The van der Waals surface area contributed by atoms with Crippen LogP contribution in [0.1, 0.15) is 34.1 Å². The first-order valence-corrected chi connectivity index (χ1v) is 11.7. The van der Waals surface area contributed by atoms with Gasteiger partial charge in [-0.25, -0.2) is 9.67 Å². The molecule has 0 bridgehead atoms. The highest BCUT2D eigenvalue weighted by molar-refractivity contribution is 7.16. The number of carbonyl (C=O) groups excluding carboxylic acids is 2. The molecule has 0 spiro atoms. The number of halogens is 1. The summed E-state index contributed by atoms with van der Waals surface area (Å²) in [5, 5.41) is 8.12.